The maximum Gasteiger partial charge on any atom is 0.234 e. The molecule has 1 aliphatic heterocycles. The van der Waals surface area contributed by atoms with Crippen LogP contribution in [0.5, 0.6) is 0 Å². The maximum atomic E-state index is 13.6. The predicted molar refractivity (Wildman–Crippen MR) is 173 cm³/mol. The lowest BCUT2D eigenvalue weighted by Gasteiger charge is -2.46. The van der Waals surface area contributed by atoms with Crippen molar-refractivity contribution in [2.24, 2.45) is 5.73 Å². The van der Waals surface area contributed by atoms with Crippen LogP contribution in [0.2, 0.25) is 0 Å². The monoisotopic (exact) mass is 614 g/mol. The molecule has 1 saturated heterocycles. The SMILES string of the molecule is CCCCCCCCCCCCCCN(C(=O)CCCCCCCCCCC)C1OC(CO)C(O)C(O)C1NC(=O)CN. The molecule has 1 rings (SSSR count). The Morgan fingerprint density at radius 1 is 0.698 bits per heavy atom. The highest BCUT2D eigenvalue weighted by Gasteiger charge is 2.47. The molecule has 9 heteroatoms. The van der Waals surface area contributed by atoms with E-state index in [9.17, 15) is 24.9 Å². The van der Waals surface area contributed by atoms with Gasteiger partial charge >= 0.3 is 0 Å². The number of unbranched alkanes of at least 4 members (excludes halogenated alkanes) is 19. The number of hydrogen-bond donors (Lipinski definition) is 5. The summed E-state index contributed by atoms with van der Waals surface area (Å²) >= 11 is 0. The molecular weight excluding hydrogens is 546 g/mol. The number of nitrogens with zero attached hydrogens (tertiary/aromatic N) is 1. The van der Waals surface area contributed by atoms with Crippen LogP contribution in [0.15, 0.2) is 0 Å². The number of nitrogens with two attached hydrogens (primary N) is 1. The number of hydrogen-bond acceptors (Lipinski definition) is 7. The lowest BCUT2D eigenvalue weighted by Crippen LogP contribution is -2.69. The maximum absolute atomic E-state index is 13.6. The summed E-state index contributed by atoms with van der Waals surface area (Å²) in [7, 11) is 0. The molecule has 1 fully saturated rings. The van der Waals surface area contributed by atoms with Gasteiger partial charge in [-0.3, -0.25) is 9.59 Å². The highest BCUT2D eigenvalue weighted by Crippen LogP contribution is 2.26. The fourth-order valence-corrected chi connectivity index (χ4v) is 6.01. The molecule has 5 unspecified atom stereocenters. The first-order valence-electron chi connectivity index (χ1n) is 17.8. The average Bonchev–Trinajstić information content (AvgIpc) is 3.01. The van der Waals surface area contributed by atoms with E-state index < -0.39 is 43.1 Å². The zero-order chi connectivity index (χ0) is 31.7. The van der Waals surface area contributed by atoms with E-state index in [0.29, 0.717) is 13.0 Å². The van der Waals surface area contributed by atoms with E-state index in [0.717, 1.165) is 38.5 Å². The van der Waals surface area contributed by atoms with Crippen LogP contribution < -0.4 is 11.1 Å². The summed E-state index contributed by atoms with van der Waals surface area (Å²) in [5.74, 6) is -0.604. The smallest absolute Gasteiger partial charge is 0.234 e. The molecule has 0 bridgehead atoms. The minimum atomic E-state index is -1.41. The number of nitrogens with one attached hydrogen (secondary N) is 1. The van der Waals surface area contributed by atoms with Gasteiger partial charge in [0.1, 0.15) is 24.4 Å². The Balaban J connectivity index is 2.68. The normalized spacial score (nSPS) is 22.0. The van der Waals surface area contributed by atoms with Crippen molar-refractivity contribution in [2.75, 3.05) is 19.7 Å². The summed E-state index contributed by atoms with van der Waals surface area (Å²) in [6.07, 6.45) is 20.3. The second kappa shape index (κ2) is 26.0. The largest absolute Gasteiger partial charge is 0.394 e. The molecule has 2 amide bonds. The van der Waals surface area contributed by atoms with Crippen LogP contribution in [-0.4, -0.2) is 82.3 Å². The van der Waals surface area contributed by atoms with Crippen molar-refractivity contribution in [3.05, 3.63) is 0 Å². The lowest BCUT2D eigenvalue weighted by atomic mass is 9.94. The van der Waals surface area contributed by atoms with Crippen molar-refractivity contribution >= 4 is 11.8 Å². The van der Waals surface area contributed by atoms with Crippen molar-refractivity contribution in [1.82, 2.24) is 10.2 Å². The summed E-state index contributed by atoms with van der Waals surface area (Å²) in [4.78, 5) is 27.4. The molecule has 254 valence electrons. The summed E-state index contributed by atoms with van der Waals surface area (Å²) in [5, 5.41) is 33.8. The van der Waals surface area contributed by atoms with Gasteiger partial charge in [0.05, 0.1) is 13.2 Å². The molecule has 6 N–H and O–H groups in total. The summed E-state index contributed by atoms with van der Waals surface area (Å²) in [6, 6.07) is -1.04. The van der Waals surface area contributed by atoms with Gasteiger partial charge in [-0.2, -0.15) is 0 Å². The van der Waals surface area contributed by atoms with Gasteiger partial charge < -0.3 is 36.0 Å². The quantitative estimate of drug-likeness (QED) is 0.0789. The Morgan fingerprint density at radius 3 is 1.58 bits per heavy atom. The molecule has 43 heavy (non-hydrogen) atoms. The molecule has 0 radical (unpaired) electrons. The van der Waals surface area contributed by atoms with E-state index >= 15 is 0 Å². The molecule has 1 aliphatic rings. The fraction of sp³-hybridized carbons (Fsp3) is 0.941. The summed E-state index contributed by atoms with van der Waals surface area (Å²) in [6.45, 7) is 4.09. The van der Waals surface area contributed by atoms with E-state index in [1.54, 1.807) is 4.90 Å². The third-order valence-electron chi connectivity index (χ3n) is 8.79. The van der Waals surface area contributed by atoms with Gasteiger partial charge in [0.15, 0.2) is 6.23 Å². The van der Waals surface area contributed by atoms with Crippen molar-refractivity contribution in [3.63, 3.8) is 0 Å². The Labute approximate surface area is 262 Å². The molecule has 9 nitrogen and oxygen atoms in total. The van der Waals surface area contributed by atoms with Gasteiger partial charge in [-0.05, 0) is 12.8 Å². The molecule has 0 aliphatic carbocycles. The fourth-order valence-electron chi connectivity index (χ4n) is 6.01. The molecule has 0 aromatic heterocycles. The number of rotatable bonds is 27. The lowest BCUT2D eigenvalue weighted by molar-refractivity contribution is -0.231. The number of aliphatic hydroxyl groups is 3. The van der Waals surface area contributed by atoms with E-state index in [-0.39, 0.29) is 12.5 Å². The first kappa shape index (κ1) is 39.8. The van der Waals surface area contributed by atoms with Crippen molar-refractivity contribution in [2.45, 2.75) is 186 Å². The number of carbonyl (C=O) groups is 2. The Bertz CT molecular complexity index is 697. The molecule has 0 aromatic rings. The van der Waals surface area contributed by atoms with Crippen molar-refractivity contribution < 1.29 is 29.6 Å². The Kier molecular flexibility index (Phi) is 24.0. The molecule has 0 saturated carbocycles. The molecular formula is C34H67N3O6. The van der Waals surface area contributed by atoms with Gasteiger partial charge in [0.2, 0.25) is 11.8 Å². The Hall–Kier alpha value is -1.26. The van der Waals surface area contributed by atoms with Crippen LogP contribution in [0.25, 0.3) is 0 Å². The number of amides is 2. The first-order chi connectivity index (χ1) is 20.9. The third-order valence-corrected chi connectivity index (χ3v) is 8.79. The van der Waals surface area contributed by atoms with Gasteiger partial charge in [0.25, 0.3) is 0 Å². The number of ether oxygens (including phenoxy) is 1. The van der Waals surface area contributed by atoms with Gasteiger partial charge in [-0.25, -0.2) is 0 Å². The number of carbonyl (C=O) groups excluding carboxylic acids is 2. The van der Waals surface area contributed by atoms with Gasteiger partial charge in [-0.1, -0.05) is 136 Å². The highest BCUT2D eigenvalue weighted by molar-refractivity contribution is 5.79. The van der Waals surface area contributed by atoms with Crippen LogP contribution in [0.3, 0.4) is 0 Å². The standard InChI is InChI=1S/C34H67N3O6/c1-3-5-7-9-11-13-14-15-17-19-21-23-25-37(30(40)24-22-20-18-16-12-10-8-6-4-2)34-31(36-29(39)26-35)33(42)32(41)28(27-38)43-34/h28,31-34,38,41-42H,3-27,35H2,1-2H3,(H,36,39). The van der Waals surface area contributed by atoms with Crippen LogP contribution in [-0.2, 0) is 14.3 Å². The van der Waals surface area contributed by atoms with E-state index in [1.165, 1.54) is 96.3 Å². The summed E-state index contributed by atoms with van der Waals surface area (Å²) < 4.78 is 6.00. The highest BCUT2D eigenvalue weighted by atomic mass is 16.5. The summed E-state index contributed by atoms with van der Waals surface area (Å²) in [5.41, 5.74) is 5.51. The van der Waals surface area contributed by atoms with E-state index in [2.05, 4.69) is 19.2 Å². The zero-order valence-corrected chi connectivity index (χ0v) is 27.7. The first-order valence-corrected chi connectivity index (χ1v) is 17.8. The average molecular weight is 614 g/mol. The molecule has 0 aromatic carbocycles. The minimum absolute atomic E-state index is 0.0942. The van der Waals surface area contributed by atoms with Crippen LogP contribution in [0.4, 0.5) is 0 Å². The van der Waals surface area contributed by atoms with Crippen molar-refractivity contribution in [3.8, 4) is 0 Å². The van der Waals surface area contributed by atoms with Gasteiger partial charge in [0, 0.05) is 13.0 Å². The third kappa shape index (κ3) is 17.1. The van der Waals surface area contributed by atoms with E-state index in [4.69, 9.17) is 10.5 Å². The zero-order valence-electron chi connectivity index (χ0n) is 27.7. The predicted octanol–water partition coefficient (Wildman–Crippen LogP) is 5.32. The van der Waals surface area contributed by atoms with Crippen LogP contribution >= 0.6 is 0 Å². The van der Waals surface area contributed by atoms with Crippen LogP contribution in [0, 0.1) is 0 Å². The molecule has 0 spiro atoms. The van der Waals surface area contributed by atoms with E-state index in [1.807, 2.05) is 0 Å². The topological polar surface area (TPSA) is 145 Å². The second-order valence-corrected chi connectivity index (χ2v) is 12.6. The Morgan fingerprint density at radius 2 is 1.14 bits per heavy atom. The number of aliphatic hydroxyl groups excluding tert-OH is 3. The minimum Gasteiger partial charge on any atom is -0.394 e. The second-order valence-electron chi connectivity index (χ2n) is 12.6. The molecule has 1 heterocycles. The molecule has 5 atom stereocenters. The van der Waals surface area contributed by atoms with Crippen LogP contribution in [0.1, 0.15) is 155 Å². The van der Waals surface area contributed by atoms with Crippen molar-refractivity contribution in [1.29, 1.82) is 0 Å². The van der Waals surface area contributed by atoms with Gasteiger partial charge in [-0.15, -0.1) is 0 Å².